The van der Waals surface area contributed by atoms with E-state index >= 15 is 0 Å². The second-order valence-electron chi connectivity index (χ2n) is 5.78. The van der Waals surface area contributed by atoms with E-state index in [0.29, 0.717) is 12.6 Å². The third-order valence-corrected chi connectivity index (χ3v) is 4.06. The molecule has 2 rings (SSSR count). The second kappa shape index (κ2) is 13.6. The van der Waals surface area contributed by atoms with Crippen LogP contribution >= 0.6 is 35.6 Å². The molecule has 0 atom stereocenters. The van der Waals surface area contributed by atoms with Gasteiger partial charge in [-0.25, -0.2) is 4.99 Å². The fourth-order valence-corrected chi connectivity index (χ4v) is 2.60. The van der Waals surface area contributed by atoms with Crippen LogP contribution in [0.15, 0.2) is 29.3 Å². The Bertz CT molecular complexity index is 494. The summed E-state index contributed by atoms with van der Waals surface area (Å²) in [6.45, 7) is 6.80. The first-order valence-corrected chi connectivity index (χ1v) is 9.11. The molecule has 1 aromatic rings. The van der Waals surface area contributed by atoms with Crippen molar-refractivity contribution >= 4 is 41.5 Å². The first kappa shape index (κ1) is 22.5. The fourth-order valence-electron chi connectivity index (χ4n) is 2.47. The van der Waals surface area contributed by atoms with Gasteiger partial charge in [0.25, 0.3) is 0 Å². The van der Waals surface area contributed by atoms with Gasteiger partial charge in [0, 0.05) is 37.9 Å². The molecule has 0 saturated carbocycles. The van der Waals surface area contributed by atoms with Crippen LogP contribution < -0.4 is 10.6 Å². The van der Waals surface area contributed by atoms with Gasteiger partial charge in [0.2, 0.25) is 0 Å². The highest BCUT2D eigenvalue weighted by Crippen LogP contribution is 2.11. The predicted octanol–water partition coefficient (Wildman–Crippen LogP) is 3.60. The maximum Gasteiger partial charge on any atom is 0.191 e. The Morgan fingerprint density at radius 3 is 2.64 bits per heavy atom. The van der Waals surface area contributed by atoms with E-state index < -0.39 is 0 Å². The molecule has 0 bridgehead atoms. The van der Waals surface area contributed by atoms with Crippen LogP contribution in [0, 0.1) is 0 Å². The standard InChI is InChI=1S/C18H28ClN3O2.HI/c1-2-20-18(22-14-15-4-6-16(19)7-5-15)21-10-3-11-24-17-8-12-23-13-9-17;/h4-7,17H,2-3,8-14H2,1H3,(H2,20,21,22);1H. The van der Waals surface area contributed by atoms with E-state index in [0.717, 1.165) is 68.7 Å². The van der Waals surface area contributed by atoms with E-state index in [4.69, 9.17) is 21.1 Å². The maximum absolute atomic E-state index is 5.90. The maximum atomic E-state index is 5.90. The number of ether oxygens (including phenoxy) is 2. The highest BCUT2D eigenvalue weighted by molar-refractivity contribution is 14.0. The largest absolute Gasteiger partial charge is 0.381 e. The topological polar surface area (TPSA) is 54.9 Å². The van der Waals surface area contributed by atoms with Gasteiger partial charge in [-0.2, -0.15) is 0 Å². The van der Waals surface area contributed by atoms with Crippen molar-refractivity contribution in [3.8, 4) is 0 Å². The lowest BCUT2D eigenvalue weighted by Gasteiger charge is -2.22. The third-order valence-electron chi connectivity index (χ3n) is 3.81. The zero-order valence-corrected chi connectivity index (χ0v) is 17.9. The normalized spacial score (nSPS) is 15.5. The monoisotopic (exact) mass is 481 g/mol. The zero-order chi connectivity index (χ0) is 17.0. The Kier molecular flexibility index (Phi) is 12.2. The summed E-state index contributed by atoms with van der Waals surface area (Å²) in [7, 11) is 0. The predicted molar refractivity (Wildman–Crippen MR) is 114 cm³/mol. The number of aliphatic imine (C=N–C) groups is 1. The van der Waals surface area contributed by atoms with Gasteiger partial charge in [0.1, 0.15) is 0 Å². The molecule has 0 amide bonds. The van der Waals surface area contributed by atoms with Gasteiger partial charge < -0.3 is 20.1 Å². The molecule has 0 aliphatic carbocycles. The Morgan fingerprint density at radius 2 is 1.96 bits per heavy atom. The minimum Gasteiger partial charge on any atom is -0.381 e. The first-order valence-electron chi connectivity index (χ1n) is 8.74. The molecule has 1 aromatic carbocycles. The van der Waals surface area contributed by atoms with E-state index in [1.54, 1.807) is 0 Å². The summed E-state index contributed by atoms with van der Waals surface area (Å²) < 4.78 is 11.2. The molecule has 1 aliphatic rings. The van der Waals surface area contributed by atoms with Crippen LogP contribution in [0.2, 0.25) is 5.02 Å². The van der Waals surface area contributed by atoms with Crippen molar-refractivity contribution in [2.24, 2.45) is 4.99 Å². The molecular formula is C18H29ClIN3O2. The Labute approximate surface area is 172 Å². The Morgan fingerprint density at radius 1 is 1.24 bits per heavy atom. The highest BCUT2D eigenvalue weighted by Gasteiger charge is 2.13. The van der Waals surface area contributed by atoms with Crippen molar-refractivity contribution in [2.45, 2.75) is 38.8 Å². The zero-order valence-electron chi connectivity index (χ0n) is 14.8. The lowest BCUT2D eigenvalue weighted by atomic mass is 10.1. The van der Waals surface area contributed by atoms with Crippen LogP contribution in [0.1, 0.15) is 31.7 Å². The van der Waals surface area contributed by atoms with Crippen LogP contribution in [0.3, 0.4) is 0 Å². The quantitative estimate of drug-likeness (QED) is 0.258. The average molecular weight is 482 g/mol. The van der Waals surface area contributed by atoms with Crippen LogP contribution in [0.5, 0.6) is 0 Å². The fraction of sp³-hybridized carbons (Fsp3) is 0.611. The molecule has 1 heterocycles. The second-order valence-corrected chi connectivity index (χ2v) is 6.22. The van der Waals surface area contributed by atoms with Crippen LogP contribution in [-0.2, 0) is 16.0 Å². The molecule has 0 unspecified atom stereocenters. The van der Waals surface area contributed by atoms with Gasteiger partial charge in [-0.05, 0) is 43.9 Å². The Balaban J connectivity index is 0.00000312. The minimum absolute atomic E-state index is 0. The van der Waals surface area contributed by atoms with Gasteiger partial charge in [0.05, 0.1) is 12.6 Å². The summed E-state index contributed by atoms with van der Waals surface area (Å²) in [5.74, 6) is 0.832. The first-order chi connectivity index (χ1) is 11.8. The molecule has 1 aliphatic heterocycles. The van der Waals surface area contributed by atoms with E-state index in [9.17, 15) is 0 Å². The molecule has 1 fully saturated rings. The summed E-state index contributed by atoms with van der Waals surface area (Å²) in [6, 6.07) is 7.77. The van der Waals surface area contributed by atoms with E-state index in [1.165, 1.54) is 0 Å². The molecular weight excluding hydrogens is 453 g/mol. The molecule has 142 valence electrons. The molecule has 0 spiro atoms. The van der Waals surface area contributed by atoms with Gasteiger partial charge in [0.15, 0.2) is 5.96 Å². The summed E-state index contributed by atoms with van der Waals surface area (Å²) in [5, 5.41) is 7.36. The number of hydrogen-bond donors (Lipinski definition) is 2. The van der Waals surface area contributed by atoms with E-state index in [-0.39, 0.29) is 24.0 Å². The average Bonchev–Trinajstić information content (AvgIpc) is 2.61. The van der Waals surface area contributed by atoms with Crippen molar-refractivity contribution in [3.63, 3.8) is 0 Å². The molecule has 25 heavy (non-hydrogen) atoms. The van der Waals surface area contributed by atoms with Crippen LogP contribution in [-0.4, -0.2) is 45.0 Å². The summed E-state index contributed by atoms with van der Waals surface area (Å²) >= 11 is 5.90. The van der Waals surface area contributed by atoms with Crippen LogP contribution in [0.25, 0.3) is 0 Å². The van der Waals surface area contributed by atoms with Gasteiger partial charge >= 0.3 is 0 Å². The van der Waals surface area contributed by atoms with Crippen LogP contribution in [0.4, 0.5) is 0 Å². The van der Waals surface area contributed by atoms with E-state index in [1.807, 2.05) is 24.3 Å². The molecule has 0 radical (unpaired) electrons. The number of hydrogen-bond acceptors (Lipinski definition) is 3. The minimum atomic E-state index is 0. The summed E-state index contributed by atoms with van der Waals surface area (Å²) in [6.07, 6.45) is 3.35. The molecule has 7 heteroatoms. The number of benzene rings is 1. The van der Waals surface area contributed by atoms with Gasteiger partial charge in [-0.15, -0.1) is 24.0 Å². The van der Waals surface area contributed by atoms with Crippen molar-refractivity contribution in [1.29, 1.82) is 0 Å². The summed E-state index contributed by atoms with van der Waals surface area (Å²) in [5.41, 5.74) is 1.14. The van der Waals surface area contributed by atoms with Gasteiger partial charge in [-0.1, -0.05) is 23.7 Å². The van der Waals surface area contributed by atoms with E-state index in [2.05, 4.69) is 22.5 Å². The lowest BCUT2D eigenvalue weighted by Crippen LogP contribution is -2.38. The number of nitrogens with one attached hydrogen (secondary N) is 2. The van der Waals surface area contributed by atoms with Crippen molar-refractivity contribution in [1.82, 2.24) is 10.6 Å². The number of guanidine groups is 1. The molecule has 0 aromatic heterocycles. The highest BCUT2D eigenvalue weighted by atomic mass is 127. The Hall–Kier alpha value is -0.570. The van der Waals surface area contributed by atoms with Crippen molar-refractivity contribution in [3.05, 3.63) is 34.9 Å². The number of rotatable bonds is 8. The van der Waals surface area contributed by atoms with Crippen molar-refractivity contribution < 1.29 is 9.47 Å². The third kappa shape index (κ3) is 9.63. The molecule has 5 nitrogen and oxygen atoms in total. The molecule has 1 saturated heterocycles. The number of halogens is 2. The smallest absolute Gasteiger partial charge is 0.191 e. The lowest BCUT2D eigenvalue weighted by molar-refractivity contribution is -0.0320. The summed E-state index contributed by atoms with van der Waals surface area (Å²) in [4.78, 5) is 4.59. The SMILES string of the molecule is CCNC(=NCc1ccc(Cl)cc1)NCCCOC1CCOCC1.I. The molecule has 2 N–H and O–H groups in total. The number of nitrogens with zero attached hydrogens (tertiary/aromatic N) is 1. The van der Waals surface area contributed by atoms with Gasteiger partial charge in [-0.3, -0.25) is 0 Å². The van der Waals surface area contributed by atoms with Crippen molar-refractivity contribution in [2.75, 3.05) is 32.9 Å².